The maximum Gasteiger partial charge on any atom is 0.264 e. The fraction of sp³-hybridized carbons (Fsp3) is 0.619. The number of carbonyl (C=O) groups excluding carboxylic acids is 2. The molecule has 4 heterocycles. The highest BCUT2D eigenvalue weighted by atomic mass is 32.1. The lowest BCUT2D eigenvalue weighted by atomic mass is 10.0. The van der Waals surface area contributed by atoms with Crippen molar-refractivity contribution in [3.8, 4) is 0 Å². The number of rotatable bonds is 5. The third-order valence-corrected chi connectivity index (χ3v) is 6.82. The molecule has 162 valence electrons. The van der Waals surface area contributed by atoms with Gasteiger partial charge in [-0.15, -0.1) is 21.5 Å². The zero-order valence-electron chi connectivity index (χ0n) is 17.8. The molecule has 0 aliphatic carbocycles. The SMILES string of the molecule is Cc1ccc(C(=O)N2CCc3nnc(C(NC(=O)C4CCOC4)C(C)C)n3CC2)s1. The van der Waals surface area contributed by atoms with E-state index in [2.05, 4.69) is 33.9 Å². The van der Waals surface area contributed by atoms with Crippen LogP contribution in [0.15, 0.2) is 12.1 Å². The van der Waals surface area contributed by atoms with Crippen molar-refractivity contribution in [3.05, 3.63) is 33.5 Å². The summed E-state index contributed by atoms with van der Waals surface area (Å²) < 4.78 is 7.45. The molecular formula is C21H29N5O3S. The van der Waals surface area contributed by atoms with Gasteiger partial charge in [-0.05, 0) is 31.4 Å². The summed E-state index contributed by atoms with van der Waals surface area (Å²) in [6.45, 7) is 9.11. The molecule has 9 heteroatoms. The molecule has 2 amide bonds. The predicted octanol–water partition coefficient (Wildman–Crippen LogP) is 2.20. The first kappa shape index (κ1) is 21.0. The van der Waals surface area contributed by atoms with Gasteiger partial charge in [-0.25, -0.2) is 0 Å². The van der Waals surface area contributed by atoms with E-state index in [4.69, 9.17) is 4.74 Å². The van der Waals surface area contributed by atoms with Crippen molar-refractivity contribution in [2.24, 2.45) is 11.8 Å². The molecule has 4 rings (SSSR count). The van der Waals surface area contributed by atoms with Gasteiger partial charge in [0.2, 0.25) is 5.91 Å². The lowest BCUT2D eigenvalue weighted by Gasteiger charge is -2.24. The van der Waals surface area contributed by atoms with Crippen LogP contribution in [0.25, 0.3) is 0 Å². The van der Waals surface area contributed by atoms with E-state index < -0.39 is 0 Å². The average Bonchev–Trinajstić information content (AvgIpc) is 3.45. The molecule has 30 heavy (non-hydrogen) atoms. The predicted molar refractivity (Wildman–Crippen MR) is 113 cm³/mol. The Morgan fingerprint density at radius 1 is 1.23 bits per heavy atom. The second-order valence-corrected chi connectivity index (χ2v) is 9.66. The topological polar surface area (TPSA) is 89.3 Å². The first-order valence-corrected chi connectivity index (χ1v) is 11.4. The van der Waals surface area contributed by atoms with E-state index in [9.17, 15) is 9.59 Å². The number of carbonyl (C=O) groups is 2. The summed E-state index contributed by atoms with van der Waals surface area (Å²) in [4.78, 5) is 29.4. The van der Waals surface area contributed by atoms with Gasteiger partial charge in [-0.3, -0.25) is 9.59 Å². The Balaban J connectivity index is 1.49. The number of nitrogens with zero attached hydrogens (tertiary/aromatic N) is 4. The van der Waals surface area contributed by atoms with Crippen molar-refractivity contribution in [2.45, 2.75) is 46.2 Å². The Morgan fingerprint density at radius 3 is 2.73 bits per heavy atom. The Hall–Kier alpha value is -2.26. The number of hydrogen-bond donors (Lipinski definition) is 1. The third-order valence-electron chi connectivity index (χ3n) is 5.84. The summed E-state index contributed by atoms with van der Waals surface area (Å²) in [7, 11) is 0. The molecule has 1 saturated heterocycles. The lowest BCUT2D eigenvalue weighted by molar-refractivity contribution is -0.126. The highest BCUT2D eigenvalue weighted by Gasteiger charge is 2.31. The van der Waals surface area contributed by atoms with E-state index >= 15 is 0 Å². The molecule has 1 N–H and O–H groups in total. The van der Waals surface area contributed by atoms with Crippen LogP contribution in [0.5, 0.6) is 0 Å². The highest BCUT2D eigenvalue weighted by Crippen LogP contribution is 2.25. The number of nitrogens with one attached hydrogen (secondary N) is 1. The Bertz CT molecular complexity index is 916. The molecule has 0 aromatic carbocycles. The molecule has 2 aromatic rings. The fourth-order valence-corrected chi connectivity index (χ4v) is 4.86. The number of amides is 2. The largest absolute Gasteiger partial charge is 0.381 e. The van der Waals surface area contributed by atoms with Gasteiger partial charge in [-0.2, -0.15) is 0 Å². The number of aromatic nitrogens is 3. The van der Waals surface area contributed by atoms with E-state index in [1.54, 1.807) is 0 Å². The van der Waals surface area contributed by atoms with E-state index in [-0.39, 0.29) is 29.7 Å². The Morgan fingerprint density at radius 2 is 2.07 bits per heavy atom. The lowest BCUT2D eigenvalue weighted by Crippen LogP contribution is -2.38. The molecule has 2 aliphatic heterocycles. The van der Waals surface area contributed by atoms with E-state index in [0.29, 0.717) is 39.3 Å². The van der Waals surface area contributed by atoms with Crippen molar-refractivity contribution < 1.29 is 14.3 Å². The number of ether oxygens (including phenoxy) is 1. The molecule has 8 nitrogen and oxygen atoms in total. The van der Waals surface area contributed by atoms with Crippen LogP contribution < -0.4 is 5.32 Å². The summed E-state index contributed by atoms with van der Waals surface area (Å²) in [5.41, 5.74) is 0. The van der Waals surface area contributed by atoms with E-state index in [1.807, 2.05) is 24.0 Å². The van der Waals surface area contributed by atoms with Crippen LogP contribution in [0.3, 0.4) is 0 Å². The van der Waals surface area contributed by atoms with Gasteiger partial charge in [0.15, 0.2) is 5.82 Å². The minimum absolute atomic E-state index is 0.0158. The monoisotopic (exact) mass is 431 g/mol. The molecule has 2 aromatic heterocycles. The average molecular weight is 432 g/mol. The van der Waals surface area contributed by atoms with E-state index in [0.717, 1.165) is 27.8 Å². The number of thiophene rings is 1. The summed E-state index contributed by atoms with van der Waals surface area (Å²) in [6, 6.07) is 3.66. The molecule has 0 radical (unpaired) electrons. The number of hydrogen-bond acceptors (Lipinski definition) is 6. The maximum absolute atomic E-state index is 12.9. The summed E-state index contributed by atoms with van der Waals surface area (Å²) >= 11 is 1.53. The van der Waals surface area contributed by atoms with E-state index in [1.165, 1.54) is 11.3 Å². The molecule has 0 spiro atoms. The third kappa shape index (κ3) is 4.27. The van der Waals surface area contributed by atoms with Gasteiger partial charge in [0.25, 0.3) is 5.91 Å². The quantitative estimate of drug-likeness (QED) is 0.784. The molecular weight excluding hydrogens is 402 g/mol. The van der Waals surface area contributed by atoms with Crippen LogP contribution in [0.1, 0.15) is 52.5 Å². The Labute approximate surface area is 180 Å². The second kappa shape index (κ2) is 8.85. The minimum atomic E-state index is -0.221. The standard InChI is InChI=1S/C21H29N5O3S/c1-13(2)18(22-20(27)15-7-11-29-12-15)19-24-23-17-6-8-25(9-10-26(17)19)21(28)16-5-4-14(3)30-16/h4-5,13,15,18H,6-12H2,1-3H3,(H,22,27). The molecule has 0 bridgehead atoms. The van der Waals surface area contributed by atoms with Gasteiger partial charge in [0.05, 0.1) is 23.4 Å². The number of fused-ring (bicyclic) bond motifs is 1. The zero-order valence-corrected chi connectivity index (χ0v) is 18.6. The van der Waals surface area contributed by atoms with Gasteiger partial charge in [0.1, 0.15) is 5.82 Å². The normalized spacial score (nSPS) is 20.1. The van der Waals surface area contributed by atoms with Crippen molar-refractivity contribution in [1.29, 1.82) is 0 Å². The summed E-state index contributed by atoms with van der Waals surface area (Å²) in [5.74, 6) is 1.80. The fourth-order valence-electron chi connectivity index (χ4n) is 4.03. The van der Waals surface area contributed by atoms with Crippen LogP contribution >= 0.6 is 11.3 Å². The highest BCUT2D eigenvalue weighted by molar-refractivity contribution is 7.13. The molecule has 2 atom stereocenters. The van der Waals surface area contributed by atoms with Crippen LogP contribution in [-0.2, 0) is 22.5 Å². The van der Waals surface area contributed by atoms with Crippen molar-refractivity contribution in [1.82, 2.24) is 25.0 Å². The van der Waals surface area contributed by atoms with Crippen LogP contribution in [0, 0.1) is 18.8 Å². The first-order chi connectivity index (χ1) is 14.4. The number of aryl methyl sites for hydroxylation is 1. The zero-order chi connectivity index (χ0) is 21.3. The summed E-state index contributed by atoms with van der Waals surface area (Å²) in [5, 5.41) is 12.0. The van der Waals surface area contributed by atoms with Gasteiger partial charge < -0.3 is 19.5 Å². The molecule has 1 fully saturated rings. The van der Waals surface area contributed by atoms with Crippen molar-refractivity contribution in [2.75, 3.05) is 26.3 Å². The first-order valence-electron chi connectivity index (χ1n) is 10.6. The van der Waals surface area contributed by atoms with Gasteiger partial charge >= 0.3 is 0 Å². The molecule has 0 saturated carbocycles. The maximum atomic E-state index is 12.9. The van der Waals surface area contributed by atoms with Crippen molar-refractivity contribution in [3.63, 3.8) is 0 Å². The second-order valence-electron chi connectivity index (χ2n) is 8.37. The van der Waals surface area contributed by atoms with Gasteiger partial charge in [-0.1, -0.05) is 13.8 Å². The van der Waals surface area contributed by atoms with Crippen LogP contribution in [-0.4, -0.2) is 57.8 Å². The molecule has 2 unspecified atom stereocenters. The van der Waals surface area contributed by atoms with Crippen LogP contribution in [0.2, 0.25) is 0 Å². The molecule has 2 aliphatic rings. The smallest absolute Gasteiger partial charge is 0.264 e. The Kier molecular flexibility index (Phi) is 6.19. The van der Waals surface area contributed by atoms with Crippen LogP contribution in [0.4, 0.5) is 0 Å². The minimum Gasteiger partial charge on any atom is -0.381 e. The summed E-state index contributed by atoms with van der Waals surface area (Å²) in [6.07, 6.45) is 1.41. The van der Waals surface area contributed by atoms with Gasteiger partial charge in [0, 0.05) is 37.5 Å². The van der Waals surface area contributed by atoms with Crippen molar-refractivity contribution >= 4 is 23.2 Å².